The van der Waals surface area contributed by atoms with Crippen LogP contribution in [0.2, 0.25) is 0 Å². The normalized spacial score (nSPS) is 13.5. The lowest BCUT2D eigenvalue weighted by Gasteiger charge is -2.45. The second-order valence-corrected chi connectivity index (χ2v) is 7.41. The first-order chi connectivity index (χ1) is 12.4. The number of rotatable bonds is 17. The molecule has 1 unspecified atom stereocenters. The number of unbranched alkanes of at least 4 members (excludes halogenated alkanes) is 5. The summed E-state index contributed by atoms with van der Waals surface area (Å²) in [5, 5.41) is 0. The van der Waals surface area contributed by atoms with Gasteiger partial charge in [0.15, 0.2) is 0 Å². The molecular weight excluding hydrogens is 330 g/mol. The van der Waals surface area contributed by atoms with E-state index in [1.807, 2.05) is 20.8 Å². The molecule has 0 radical (unpaired) electrons. The minimum absolute atomic E-state index is 0.0295. The van der Waals surface area contributed by atoms with Crippen LogP contribution in [0.25, 0.3) is 0 Å². The van der Waals surface area contributed by atoms with Crippen molar-refractivity contribution in [3.05, 3.63) is 0 Å². The summed E-state index contributed by atoms with van der Waals surface area (Å²) >= 11 is 0. The van der Waals surface area contributed by atoms with Gasteiger partial charge in [-0.1, -0.05) is 59.3 Å². The number of isocyanates is 1. The van der Waals surface area contributed by atoms with Gasteiger partial charge >= 0.3 is 0 Å². The van der Waals surface area contributed by atoms with Gasteiger partial charge in [-0.2, -0.15) is 0 Å². The van der Waals surface area contributed by atoms with Crippen LogP contribution < -0.4 is 0 Å². The number of hydrogen-bond donors (Lipinski definition) is 0. The van der Waals surface area contributed by atoms with Gasteiger partial charge in [0.2, 0.25) is 6.08 Å². The molecule has 0 heterocycles. The summed E-state index contributed by atoms with van der Waals surface area (Å²) in [7, 11) is 0. The highest BCUT2D eigenvalue weighted by Crippen LogP contribution is 2.43. The Hall–Kier alpha value is -0.740. The summed E-state index contributed by atoms with van der Waals surface area (Å²) in [5.74, 6) is -1.12. The molecule has 26 heavy (non-hydrogen) atoms. The second-order valence-electron chi connectivity index (χ2n) is 7.41. The molecule has 0 N–H and O–H groups in total. The van der Waals surface area contributed by atoms with Crippen molar-refractivity contribution in [1.82, 2.24) is 0 Å². The molecule has 0 bridgehead atoms. The van der Waals surface area contributed by atoms with E-state index in [-0.39, 0.29) is 11.3 Å². The Morgan fingerprint density at radius 1 is 0.846 bits per heavy atom. The molecule has 5 heteroatoms. The first-order valence-corrected chi connectivity index (χ1v) is 10.4. The van der Waals surface area contributed by atoms with E-state index in [0.29, 0.717) is 26.4 Å². The Labute approximate surface area is 160 Å². The molecule has 0 saturated heterocycles. The second kappa shape index (κ2) is 14.3. The molecule has 0 aromatic rings. The molecule has 0 aliphatic carbocycles. The zero-order valence-corrected chi connectivity index (χ0v) is 17.9. The first-order valence-electron chi connectivity index (χ1n) is 10.4. The zero-order chi connectivity index (χ0) is 19.9. The lowest BCUT2D eigenvalue weighted by Crippen LogP contribution is -2.53. The Morgan fingerprint density at radius 2 is 1.35 bits per heavy atom. The van der Waals surface area contributed by atoms with Gasteiger partial charge in [-0.15, -0.1) is 0 Å². The van der Waals surface area contributed by atoms with Crippen LogP contribution in [0.4, 0.5) is 0 Å². The van der Waals surface area contributed by atoms with Crippen molar-refractivity contribution < 1.29 is 19.0 Å². The van der Waals surface area contributed by atoms with E-state index in [4.69, 9.17) is 14.2 Å². The number of ether oxygens (including phenoxy) is 3. The number of aliphatic imine (C=N–C) groups is 1. The van der Waals surface area contributed by atoms with E-state index < -0.39 is 5.97 Å². The molecule has 0 fully saturated rings. The summed E-state index contributed by atoms with van der Waals surface area (Å²) in [4.78, 5) is 14.5. The Kier molecular flexibility index (Phi) is 13.9. The van der Waals surface area contributed by atoms with E-state index >= 15 is 0 Å². The van der Waals surface area contributed by atoms with Gasteiger partial charge in [-0.05, 0) is 32.6 Å². The fourth-order valence-electron chi connectivity index (χ4n) is 3.55. The molecule has 0 aromatic carbocycles. The van der Waals surface area contributed by atoms with Crippen molar-refractivity contribution in [2.45, 2.75) is 92.5 Å². The maximum absolute atomic E-state index is 10.7. The molecule has 0 aliphatic rings. The van der Waals surface area contributed by atoms with Gasteiger partial charge in [0.1, 0.15) is 0 Å². The minimum atomic E-state index is -1.09. The molecule has 0 spiro atoms. The summed E-state index contributed by atoms with van der Waals surface area (Å²) in [6, 6.07) is 0. The third kappa shape index (κ3) is 8.77. The van der Waals surface area contributed by atoms with E-state index in [1.165, 1.54) is 32.1 Å². The Bertz CT molecular complexity index is 374. The van der Waals surface area contributed by atoms with E-state index in [0.717, 1.165) is 12.8 Å². The maximum atomic E-state index is 10.7. The average Bonchev–Trinajstić information content (AvgIpc) is 2.59. The van der Waals surface area contributed by atoms with Crippen molar-refractivity contribution in [2.75, 3.05) is 26.4 Å². The third-order valence-electron chi connectivity index (χ3n) is 4.80. The summed E-state index contributed by atoms with van der Waals surface area (Å²) < 4.78 is 18.1. The Morgan fingerprint density at radius 3 is 1.81 bits per heavy atom. The van der Waals surface area contributed by atoms with Gasteiger partial charge in [-0.25, -0.2) is 9.79 Å². The summed E-state index contributed by atoms with van der Waals surface area (Å²) in [6.45, 7) is 14.2. The van der Waals surface area contributed by atoms with Crippen LogP contribution in [0, 0.1) is 11.3 Å². The predicted octanol–water partition coefficient (Wildman–Crippen LogP) is 5.48. The van der Waals surface area contributed by atoms with Crippen molar-refractivity contribution in [3.63, 3.8) is 0 Å². The maximum Gasteiger partial charge on any atom is 0.286 e. The highest BCUT2D eigenvalue weighted by Gasteiger charge is 2.49. The van der Waals surface area contributed by atoms with Crippen molar-refractivity contribution in [1.29, 1.82) is 0 Å². The highest BCUT2D eigenvalue weighted by atomic mass is 16.9. The van der Waals surface area contributed by atoms with Crippen LogP contribution in [0.5, 0.6) is 0 Å². The molecule has 5 nitrogen and oxygen atoms in total. The SMILES string of the molecule is CCCCCCCCC(C(C)(C)CN=C=O)C(OCC)(OCC)OCC. The smallest absolute Gasteiger partial charge is 0.286 e. The van der Waals surface area contributed by atoms with E-state index in [9.17, 15) is 4.79 Å². The lowest BCUT2D eigenvalue weighted by atomic mass is 9.74. The minimum Gasteiger partial charge on any atom is -0.328 e. The molecule has 0 saturated carbocycles. The lowest BCUT2D eigenvalue weighted by molar-refractivity contribution is -0.413. The van der Waals surface area contributed by atoms with Gasteiger partial charge in [0.25, 0.3) is 5.97 Å². The summed E-state index contributed by atoms with van der Waals surface area (Å²) in [6.07, 6.45) is 9.93. The topological polar surface area (TPSA) is 57.1 Å². The van der Waals surface area contributed by atoms with Crippen molar-refractivity contribution in [3.8, 4) is 0 Å². The third-order valence-corrected chi connectivity index (χ3v) is 4.80. The zero-order valence-electron chi connectivity index (χ0n) is 17.9. The summed E-state index contributed by atoms with van der Waals surface area (Å²) in [5.41, 5.74) is -0.305. The van der Waals surface area contributed by atoms with Crippen LogP contribution >= 0.6 is 0 Å². The van der Waals surface area contributed by atoms with Crippen LogP contribution in [-0.2, 0) is 19.0 Å². The van der Waals surface area contributed by atoms with Crippen LogP contribution in [0.3, 0.4) is 0 Å². The fourth-order valence-corrected chi connectivity index (χ4v) is 3.55. The first kappa shape index (κ1) is 25.3. The van der Waals surface area contributed by atoms with Crippen molar-refractivity contribution in [2.24, 2.45) is 16.3 Å². The molecule has 0 aliphatic heterocycles. The standard InChI is InChI=1S/C21H41NO4/c1-7-11-12-13-14-15-16-19(20(5,6)17-22-18-23)21(24-8-2,25-9-3)26-10-4/h19H,7-17H2,1-6H3. The number of carbonyl (C=O) groups excluding carboxylic acids is 1. The molecule has 0 amide bonds. The van der Waals surface area contributed by atoms with Gasteiger partial charge in [0.05, 0.1) is 6.54 Å². The molecular formula is C21H41NO4. The molecule has 1 atom stereocenters. The fraction of sp³-hybridized carbons (Fsp3) is 0.952. The van der Waals surface area contributed by atoms with Gasteiger partial charge < -0.3 is 14.2 Å². The molecule has 0 aromatic heterocycles. The van der Waals surface area contributed by atoms with Crippen LogP contribution in [0.15, 0.2) is 4.99 Å². The molecule has 0 rings (SSSR count). The van der Waals surface area contributed by atoms with Gasteiger partial charge in [0, 0.05) is 25.7 Å². The van der Waals surface area contributed by atoms with Crippen LogP contribution in [0.1, 0.15) is 86.5 Å². The van der Waals surface area contributed by atoms with E-state index in [1.54, 1.807) is 6.08 Å². The van der Waals surface area contributed by atoms with E-state index in [2.05, 4.69) is 25.8 Å². The van der Waals surface area contributed by atoms with Crippen molar-refractivity contribution >= 4 is 6.08 Å². The monoisotopic (exact) mass is 371 g/mol. The Balaban J connectivity index is 5.37. The quantitative estimate of drug-likeness (QED) is 0.147. The predicted molar refractivity (Wildman–Crippen MR) is 106 cm³/mol. The highest BCUT2D eigenvalue weighted by molar-refractivity contribution is 5.33. The van der Waals surface area contributed by atoms with Gasteiger partial charge in [-0.3, -0.25) is 0 Å². The van der Waals surface area contributed by atoms with Crippen LogP contribution in [-0.4, -0.2) is 38.4 Å². The average molecular weight is 372 g/mol. The molecule has 154 valence electrons. The number of nitrogens with zero attached hydrogens (tertiary/aromatic N) is 1. The number of hydrogen-bond acceptors (Lipinski definition) is 5. The largest absolute Gasteiger partial charge is 0.328 e.